The maximum absolute atomic E-state index is 13.3. The summed E-state index contributed by atoms with van der Waals surface area (Å²) in [6.45, 7) is 5.79. The van der Waals surface area contributed by atoms with E-state index in [0.29, 0.717) is 11.9 Å². The van der Waals surface area contributed by atoms with Crippen molar-refractivity contribution >= 4 is 28.6 Å². The third kappa shape index (κ3) is 6.30. The Labute approximate surface area is 203 Å². The molecular weight excluding hydrogens is 453 g/mol. The van der Waals surface area contributed by atoms with Crippen molar-refractivity contribution in [3.05, 3.63) is 65.6 Å². The van der Waals surface area contributed by atoms with Crippen molar-refractivity contribution in [1.82, 2.24) is 15.1 Å². The number of para-hydroxylation sites is 1. The Morgan fingerprint density at radius 3 is 2.40 bits per heavy atom. The number of benzene rings is 2. The Bertz CT molecular complexity index is 1210. The van der Waals surface area contributed by atoms with Gasteiger partial charge >= 0.3 is 5.97 Å². The van der Waals surface area contributed by atoms with Crippen LogP contribution in [0, 0.1) is 11.2 Å². The van der Waals surface area contributed by atoms with Gasteiger partial charge in [-0.1, -0.05) is 51.1 Å². The molecule has 2 aromatic carbocycles. The molecule has 0 aliphatic carbocycles. The van der Waals surface area contributed by atoms with Gasteiger partial charge < -0.3 is 15.2 Å². The Morgan fingerprint density at radius 1 is 1.11 bits per heavy atom. The number of carbonyl (C=O) groups is 3. The number of ether oxygens (including phenoxy) is 1. The molecule has 0 spiro atoms. The Morgan fingerprint density at radius 2 is 1.77 bits per heavy atom. The average molecular weight is 484 g/mol. The summed E-state index contributed by atoms with van der Waals surface area (Å²) in [6, 6.07) is 12.4. The first-order chi connectivity index (χ1) is 16.5. The van der Waals surface area contributed by atoms with Gasteiger partial charge in [0.1, 0.15) is 5.82 Å². The van der Waals surface area contributed by atoms with Crippen LogP contribution in [-0.2, 0) is 20.9 Å². The van der Waals surface area contributed by atoms with E-state index >= 15 is 0 Å². The molecule has 3 rings (SSSR count). The van der Waals surface area contributed by atoms with Crippen LogP contribution < -0.4 is 5.32 Å². The number of hydrogen-bond donors (Lipinski definition) is 2. The summed E-state index contributed by atoms with van der Waals surface area (Å²) in [5.74, 6) is -1.98. The number of hydrogen-bond acceptors (Lipinski definition) is 6. The summed E-state index contributed by atoms with van der Waals surface area (Å²) in [5, 5.41) is 17.8. The monoisotopic (exact) mass is 483 g/mol. The second kappa shape index (κ2) is 10.8. The molecule has 1 amide bonds. The predicted octanol–water partition coefficient (Wildman–Crippen LogP) is 3.25. The fourth-order valence-corrected chi connectivity index (χ4v) is 3.84. The van der Waals surface area contributed by atoms with Crippen LogP contribution in [0.4, 0.5) is 4.39 Å². The molecule has 35 heavy (non-hydrogen) atoms. The van der Waals surface area contributed by atoms with Crippen LogP contribution in [-0.4, -0.2) is 51.8 Å². The number of rotatable bonds is 9. The molecule has 8 nitrogen and oxygen atoms in total. The summed E-state index contributed by atoms with van der Waals surface area (Å²) < 4.78 is 19.4. The number of aromatic nitrogens is 2. The van der Waals surface area contributed by atoms with Crippen LogP contribution >= 0.6 is 0 Å². The summed E-state index contributed by atoms with van der Waals surface area (Å²) in [7, 11) is 1.16. The lowest BCUT2D eigenvalue weighted by atomic mass is 9.82. The summed E-state index contributed by atoms with van der Waals surface area (Å²) in [6.07, 6.45) is -1.63. The molecule has 1 heterocycles. The van der Waals surface area contributed by atoms with Gasteiger partial charge in [-0.25, -0.2) is 9.18 Å². The van der Waals surface area contributed by atoms with Crippen molar-refractivity contribution in [2.75, 3.05) is 7.11 Å². The van der Waals surface area contributed by atoms with E-state index in [4.69, 9.17) is 0 Å². The van der Waals surface area contributed by atoms with E-state index in [0.717, 1.165) is 18.2 Å². The number of Topliss-reactive ketones (excluding diaryl/α,β-unsaturated/α-hetero) is 1. The normalized spacial score (nSPS) is 13.3. The maximum atomic E-state index is 13.3. The van der Waals surface area contributed by atoms with Crippen LogP contribution in [0.25, 0.3) is 10.9 Å². The molecule has 0 aliphatic heterocycles. The first-order valence-electron chi connectivity index (χ1n) is 11.3. The Balaban J connectivity index is 1.84. The van der Waals surface area contributed by atoms with Gasteiger partial charge in [0.25, 0.3) is 5.91 Å². The van der Waals surface area contributed by atoms with Crippen LogP contribution in [0.5, 0.6) is 0 Å². The first kappa shape index (κ1) is 26.0. The minimum Gasteiger partial charge on any atom is -0.467 e. The molecule has 0 fully saturated rings. The Kier molecular flexibility index (Phi) is 8.01. The SMILES string of the molecule is COC(=O)[C@@H](O)CCC(=O)[C@@H](NC(=O)c1nn(Cc2ccc(F)cc2)c2ccccc12)C(C)(C)C. The maximum Gasteiger partial charge on any atom is 0.334 e. The summed E-state index contributed by atoms with van der Waals surface area (Å²) in [5.41, 5.74) is 1.08. The van der Waals surface area contributed by atoms with E-state index in [1.165, 1.54) is 12.1 Å². The number of aliphatic hydroxyl groups is 1. The quantitative estimate of drug-likeness (QED) is 0.452. The highest BCUT2D eigenvalue weighted by Crippen LogP contribution is 2.24. The third-order valence-electron chi connectivity index (χ3n) is 5.72. The lowest BCUT2D eigenvalue weighted by Gasteiger charge is -2.30. The van der Waals surface area contributed by atoms with E-state index in [1.807, 2.05) is 32.9 Å². The summed E-state index contributed by atoms with van der Waals surface area (Å²) >= 11 is 0. The number of ketones is 1. The van der Waals surface area contributed by atoms with Crippen LogP contribution in [0.15, 0.2) is 48.5 Å². The highest BCUT2D eigenvalue weighted by atomic mass is 19.1. The average Bonchev–Trinajstić information content (AvgIpc) is 3.19. The topological polar surface area (TPSA) is 111 Å². The van der Waals surface area contributed by atoms with E-state index in [2.05, 4.69) is 15.2 Å². The minimum absolute atomic E-state index is 0.108. The zero-order chi connectivity index (χ0) is 25.8. The second-order valence-electron chi connectivity index (χ2n) is 9.47. The van der Waals surface area contributed by atoms with Gasteiger partial charge in [-0.15, -0.1) is 0 Å². The van der Waals surface area contributed by atoms with Gasteiger partial charge in [-0.05, 0) is 35.6 Å². The number of esters is 1. The van der Waals surface area contributed by atoms with Crippen LogP contribution in [0.2, 0.25) is 0 Å². The first-order valence-corrected chi connectivity index (χ1v) is 11.3. The van der Waals surface area contributed by atoms with Crippen LogP contribution in [0.1, 0.15) is 49.7 Å². The standard InChI is InChI=1S/C26H30FN3O5/c1-26(2,3)23(20(31)13-14-21(32)25(34)35-4)28-24(33)22-18-7-5-6-8-19(18)30(29-22)15-16-9-11-17(27)12-10-16/h5-12,21,23,32H,13-15H2,1-4H3,(H,28,33)/t21-,23+/m0/s1. The molecule has 0 unspecified atom stereocenters. The van der Waals surface area contributed by atoms with Gasteiger partial charge in [0.05, 0.1) is 25.2 Å². The predicted molar refractivity (Wildman–Crippen MR) is 128 cm³/mol. The number of amides is 1. The van der Waals surface area contributed by atoms with Crippen molar-refractivity contribution in [2.24, 2.45) is 5.41 Å². The number of halogens is 1. The molecule has 186 valence electrons. The smallest absolute Gasteiger partial charge is 0.334 e. The molecule has 0 aliphatic rings. The molecule has 2 atom stereocenters. The molecule has 2 N–H and O–H groups in total. The van der Waals surface area contributed by atoms with E-state index in [1.54, 1.807) is 28.9 Å². The van der Waals surface area contributed by atoms with Crippen molar-refractivity contribution in [1.29, 1.82) is 0 Å². The van der Waals surface area contributed by atoms with Crippen molar-refractivity contribution in [2.45, 2.75) is 52.3 Å². The highest BCUT2D eigenvalue weighted by molar-refractivity contribution is 6.06. The molecule has 3 aromatic rings. The van der Waals surface area contributed by atoms with E-state index in [9.17, 15) is 23.9 Å². The molecule has 0 saturated heterocycles. The fourth-order valence-electron chi connectivity index (χ4n) is 3.84. The number of nitrogens with zero attached hydrogens (tertiary/aromatic N) is 2. The molecule has 9 heteroatoms. The van der Waals surface area contributed by atoms with Crippen molar-refractivity contribution < 1.29 is 28.6 Å². The highest BCUT2D eigenvalue weighted by Gasteiger charge is 2.34. The van der Waals surface area contributed by atoms with E-state index in [-0.39, 0.29) is 30.1 Å². The van der Waals surface area contributed by atoms with Gasteiger partial charge in [0.2, 0.25) is 0 Å². The zero-order valence-corrected chi connectivity index (χ0v) is 20.2. The zero-order valence-electron chi connectivity index (χ0n) is 20.2. The number of methoxy groups -OCH3 is 1. The van der Waals surface area contributed by atoms with Crippen molar-refractivity contribution in [3.8, 4) is 0 Å². The number of carbonyl (C=O) groups excluding carboxylic acids is 3. The fraction of sp³-hybridized carbons (Fsp3) is 0.385. The largest absolute Gasteiger partial charge is 0.467 e. The van der Waals surface area contributed by atoms with Gasteiger partial charge in [-0.2, -0.15) is 5.10 Å². The second-order valence-corrected chi connectivity index (χ2v) is 9.47. The molecule has 0 bridgehead atoms. The van der Waals surface area contributed by atoms with E-state index < -0.39 is 29.4 Å². The van der Waals surface area contributed by atoms with Gasteiger partial charge in [0.15, 0.2) is 17.6 Å². The van der Waals surface area contributed by atoms with Crippen molar-refractivity contribution in [3.63, 3.8) is 0 Å². The lowest BCUT2D eigenvalue weighted by molar-refractivity contribution is -0.150. The number of nitrogens with one attached hydrogen (secondary N) is 1. The minimum atomic E-state index is -1.41. The van der Waals surface area contributed by atoms with Gasteiger partial charge in [-0.3, -0.25) is 14.3 Å². The molecular formula is C26H30FN3O5. The lowest BCUT2D eigenvalue weighted by Crippen LogP contribution is -2.49. The summed E-state index contributed by atoms with van der Waals surface area (Å²) in [4.78, 5) is 37.7. The van der Waals surface area contributed by atoms with Gasteiger partial charge in [0, 0.05) is 11.8 Å². The number of aliphatic hydroxyl groups excluding tert-OH is 1. The molecule has 1 aromatic heterocycles. The third-order valence-corrected chi connectivity index (χ3v) is 5.72. The molecule has 0 saturated carbocycles. The Hall–Kier alpha value is -3.59. The molecule has 0 radical (unpaired) electrons. The number of fused-ring (bicyclic) bond motifs is 1. The van der Waals surface area contributed by atoms with Crippen LogP contribution in [0.3, 0.4) is 0 Å².